The van der Waals surface area contributed by atoms with Crippen LogP contribution in [0.3, 0.4) is 0 Å². The van der Waals surface area contributed by atoms with Crippen LogP contribution in [0.25, 0.3) is 0 Å². The fraction of sp³-hybridized carbons (Fsp3) is 0.647. The van der Waals surface area contributed by atoms with Gasteiger partial charge in [-0.25, -0.2) is 0 Å². The van der Waals surface area contributed by atoms with E-state index in [9.17, 15) is 0 Å². The number of benzene rings is 2. The van der Waals surface area contributed by atoms with E-state index >= 15 is 0 Å². The Morgan fingerprint density at radius 2 is 0.978 bits per heavy atom. The molecule has 5 heterocycles. The van der Waals surface area contributed by atoms with Crippen LogP contribution in [0.4, 0.5) is 0 Å². The number of hydrogen-bond donors (Lipinski definition) is 2. The van der Waals surface area contributed by atoms with Crippen LogP contribution in [0.15, 0.2) is 48.5 Å². The molecule has 0 amide bonds. The zero-order valence-corrected chi connectivity index (χ0v) is 31.5. The van der Waals surface area contributed by atoms with Crippen molar-refractivity contribution in [2.24, 2.45) is 0 Å². The first-order valence-corrected chi connectivity index (χ1v) is 22.6. The Hall–Kier alpha value is -0.790. The Kier molecular flexibility index (Phi) is 9.88. The molecule has 0 aromatic heterocycles. The van der Waals surface area contributed by atoms with E-state index in [0.29, 0.717) is 0 Å². The van der Waals surface area contributed by atoms with Gasteiger partial charge in [0, 0.05) is 62.6 Å². The molecular weight excluding hydrogens is 631 g/mol. The first kappa shape index (κ1) is 33.7. The highest BCUT2D eigenvalue weighted by Gasteiger charge is 2.86. The molecule has 0 aliphatic carbocycles. The Balaban J connectivity index is 1.32. The zero-order chi connectivity index (χ0) is 32.0. The molecule has 0 saturated carbocycles. The normalized spacial score (nSPS) is 30.5. The first-order valence-electron chi connectivity index (χ1n) is 17.7. The highest BCUT2D eigenvalue weighted by atomic mass is 31.3. The second-order valence-electron chi connectivity index (χ2n) is 14.3. The predicted octanol–water partition coefficient (Wildman–Crippen LogP) is 7.89. The van der Waals surface area contributed by atoms with Crippen LogP contribution in [0.2, 0.25) is 0 Å². The second kappa shape index (κ2) is 13.5. The van der Waals surface area contributed by atoms with Crippen molar-refractivity contribution >= 4 is 23.7 Å². The molecule has 12 heteroatoms. The predicted molar refractivity (Wildman–Crippen MR) is 195 cm³/mol. The van der Waals surface area contributed by atoms with Crippen molar-refractivity contribution in [2.75, 3.05) is 66.5 Å². The average molecular weight is 689 g/mol. The minimum absolute atomic E-state index is 0.101. The highest BCUT2D eigenvalue weighted by molar-refractivity contribution is 7.95. The Labute approximate surface area is 280 Å². The SMILES string of the molecule is CO[P+]1(N2CCCC2)N[P+](N2CCCC2)(N2CCCC2)N[P+](Oc2ccc(C(C)(C)c3ccc(C)cc3)cc2)(N2CCCC2)N1C. The van der Waals surface area contributed by atoms with E-state index in [1.165, 1.54) is 68.1 Å². The lowest BCUT2D eigenvalue weighted by Gasteiger charge is -2.49. The maximum absolute atomic E-state index is 7.63. The monoisotopic (exact) mass is 688 g/mol. The van der Waals surface area contributed by atoms with Crippen LogP contribution in [0.5, 0.6) is 5.75 Å². The van der Waals surface area contributed by atoms with E-state index in [0.717, 1.165) is 58.1 Å². The van der Waals surface area contributed by atoms with Crippen LogP contribution in [-0.2, 0) is 9.94 Å². The molecule has 2 aromatic carbocycles. The fourth-order valence-corrected chi connectivity index (χ4v) is 24.8. The first-order chi connectivity index (χ1) is 22.2. The molecule has 0 radical (unpaired) electrons. The molecule has 5 aliphatic heterocycles. The molecule has 2 aromatic rings. The van der Waals surface area contributed by atoms with Gasteiger partial charge in [0.05, 0.1) is 23.5 Å². The quantitative estimate of drug-likeness (QED) is 0.256. The number of rotatable bonds is 9. The molecule has 2 atom stereocenters. The summed E-state index contributed by atoms with van der Waals surface area (Å²) in [6.07, 6.45) is 9.88. The minimum atomic E-state index is -2.58. The molecule has 2 N–H and O–H groups in total. The molecular formula is C34H57N7O2P3+3. The molecule has 252 valence electrons. The van der Waals surface area contributed by atoms with E-state index in [1.54, 1.807) is 0 Å². The van der Waals surface area contributed by atoms with Crippen LogP contribution < -0.4 is 14.2 Å². The molecule has 5 saturated heterocycles. The van der Waals surface area contributed by atoms with Gasteiger partial charge in [0.25, 0.3) is 0 Å². The second-order valence-corrected chi connectivity index (χ2v) is 23.6. The average Bonchev–Trinajstić information content (AvgIpc) is 3.91. The van der Waals surface area contributed by atoms with Crippen LogP contribution in [0, 0.1) is 6.92 Å². The molecule has 5 aliphatic rings. The Morgan fingerprint density at radius 1 is 0.587 bits per heavy atom. The molecule has 7 rings (SSSR count). The van der Waals surface area contributed by atoms with Gasteiger partial charge in [-0.1, -0.05) is 55.8 Å². The molecule has 5 fully saturated rings. The molecule has 0 bridgehead atoms. The topological polar surface area (TPSA) is 58.7 Å². The Morgan fingerprint density at radius 3 is 1.43 bits per heavy atom. The number of hydrogen-bond acceptors (Lipinski definition) is 9. The standard InChI is InChI=1S/C34H57N7O2P3/c1-30-14-16-31(17-15-30)34(2,3)32-18-20-33(21-19-32)43-46(41-28-12-13-29-41)36-44(38-22-6-7-23-38,39-24-8-9-25-39)35-45(42-5,37(46)4)40-26-10-11-27-40/h14-21,35-36H,6-13,22-29H2,1-5H3/q+3. The third kappa shape index (κ3) is 5.80. The van der Waals surface area contributed by atoms with E-state index in [4.69, 9.17) is 9.05 Å². The zero-order valence-electron chi connectivity index (χ0n) is 28.8. The summed E-state index contributed by atoms with van der Waals surface area (Å²) in [5, 5.41) is 0. The summed E-state index contributed by atoms with van der Waals surface area (Å²) in [4.78, 5) is 8.94. The summed E-state index contributed by atoms with van der Waals surface area (Å²) in [5.74, 6) is 0.946. The molecule has 0 spiro atoms. The summed E-state index contributed by atoms with van der Waals surface area (Å²) in [6.45, 7) is 15.6. The molecule has 9 nitrogen and oxygen atoms in total. The maximum Gasteiger partial charge on any atom is 0.488 e. The number of nitrogens with one attached hydrogen (secondary N) is 2. The summed E-state index contributed by atoms with van der Waals surface area (Å²) in [6, 6.07) is 18.0. The van der Waals surface area contributed by atoms with Crippen LogP contribution >= 0.6 is 23.7 Å². The van der Waals surface area contributed by atoms with Gasteiger partial charge < -0.3 is 0 Å². The van der Waals surface area contributed by atoms with Gasteiger partial charge >= 0.3 is 23.7 Å². The van der Waals surface area contributed by atoms with Crippen molar-refractivity contribution in [3.05, 3.63) is 65.2 Å². The molecule has 46 heavy (non-hydrogen) atoms. The van der Waals surface area contributed by atoms with E-state index < -0.39 is 23.7 Å². The number of nitrogens with zero attached hydrogens (tertiary/aromatic N) is 5. The fourth-order valence-electron chi connectivity index (χ4n) is 8.15. The van der Waals surface area contributed by atoms with E-state index in [-0.39, 0.29) is 5.41 Å². The van der Waals surface area contributed by atoms with Crippen molar-refractivity contribution < 1.29 is 9.05 Å². The van der Waals surface area contributed by atoms with Gasteiger partial charge in [-0.05, 0) is 81.5 Å². The van der Waals surface area contributed by atoms with Gasteiger partial charge in [-0.3, -0.25) is 4.52 Å². The minimum Gasteiger partial charge on any atom is -0.285 e. The van der Waals surface area contributed by atoms with E-state index in [2.05, 4.69) is 109 Å². The smallest absolute Gasteiger partial charge is 0.285 e. The lowest BCUT2D eigenvalue weighted by atomic mass is 9.78. The largest absolute Gasteiger partial charge is 0.488 e. The highest BCUT2D eigenvalue weighted by Crippen LogP contribution is 2.89. The van der Waals surface area contributed by atoms with Gasteiger partial charge in [0.1, 0.15) is 0 Å². The lowest BCUT2D eigenvalue weighted by Crippen LogP contribution is -2.60. The Bertz CT molecular complexity index is 1310. The summed E-state index contributed by atoms with van der Waals surface area (Å²) >= 11 is 0. The van der Waals surface area contributed by atoms with Gasteiger partial charge in [-0.15, -0.1) is 18.7 Å². The lowest BCUT2D eigenvalue weighted by molar-refractivity contribution is 0.308. The third-order valence-corrected chi connectivity index (χ3v) is 24.2. The van der Waals surface area contributed by atoms with Crippen molar-refractivity contribution in [3.8, 4) is 5.75 Å². The van der Waals surface area contributed by atoms with Gasteiger partial charge in [-0.2, -0.15) is 4.52 Å². The van der Waals surface area contributed by atoms with E-state index in [1.807, 2.05) is 7.11 Å². The van der Waals surface area contributed by atoms with Crippen molar-refractivity contribution in [3.63, 3.8) is 0 Å². The van der Waals surface area contributed by atoms with Crippen molar-refractivity contribution in [2.45, 2.75) is 77.6 Å². The van der Waals surface area contributed by atoms with Gasteiger partial charge in [0.2, 0.25) is 0 Å². The summed E-state index contributed by atoms with van der Waals surface area (Å²) < 4.78 is 28.1. The number of aryl methyl sites for hydroxylation is 1. The van der Waals surface area contributed by atoms with Crippen molar-refractivity contribution in [1.29, 1.82) is 0 Å². The molecule has 2 unspecified atom stereocenters. The maximum atomic E-state index is 7.63. The third-order valence-electron chi connectivity index (χ3n) is 11.1. The summed E-state index contributed by atoms with van der Waals surface area (Å²) in [5.41, 5.74) is 3.83. The summed E-state index contributed by atoms with van der Waals surface area (Å²) in [7, 11) is -2.96. The van der Waals surface area contributed by atoms with Crippen molar-refractivity contribution in [1.82, 2.24) is 32.8 Å². The van der Waals surface area contributed by atoms with Crippen LogP contribution in [0.1, 0.15) is 81.9 Å². The van der Waals surface area contributed by atoms with Crippen LogP contribution in [-0.4, -0.2) is 89.6 Å². The van der Waals surface area contributed by atoms with Gasteiger partial charge in [0.15, 0.2) is 5.75 Å².